The van der Waals surface area contributed by atoms with Gasteiger partial charge in [-0.1, -0.05) is 6.07 Å². The van der Waals surface area contributed by atoms with Gasteiger partial charge in [0.05, 0.1) is 30.1 Å². The van der Waals surface area contributed by atoms with Crippen LogP contribution in [0.1, 0.15) is 28.9 Å². The van der Waals surface area contributed by atoms with Crippen LogP contribution in [0.5, 0.6) is 0 Å². The third kappa shape index (κ3) is 6.17. The Morgan fingerprint density at radius 1 is 1.17 bits per heavy atom. The van der Waals surface area contributed by atoms with E-state index in [1.54, 1.807) is 42.5 Å². The maximum Gasteiger partial charge on any atom is 0.277 e. The predicted octanol–water partition coefficient (Wildman–Crippen LogP) is 4.60. The van der Waals surface area contributed by atoms with E-state index >= 15 is 8.78 Å². The Morgan fingerprint density at radius 2 is 1.89 bits per heavy atom. The summed E-state index contributed by atoms with van der Waals surface area (Å²) in [5.74, 6) is -3.69. The molecule has 190 valence electrons. The molecule has 1 fully saturated rings. The molecule has 0 atom stereocenters. The normalized spacial score (nSPS) is 13.6. The summed E-state index contributed by atoms with van der Waals surface area (Å²) in [5.41, 5.74) is 2.07. The number of pyridine rings is 1. The van der Waals surface area contributed by atoms with Gasteiger partial charge in [0.15, 0.2) is 11.6 Å². The minimum atomic E-state index is -4.54. The number of hydrogen-bond acceptors (Lipinski definition) is 6. The van der Waals surface area contributed by atoms with Gasteiger partial charge in [-0.3, -0.25) is 14.6 Å². The van der Waals surface area contributed by atoms with Gasteiger partial charge in [-0.15, -0.1) is 0 Å². The number of sulfonamides is 1. The van der Waals surface area contributed by atoms with Crippen LogP contribution in [0.15, 0.2) is 59.6 Å². The van der Waals surface area contributed by atoms with Gasteiger partial charge in [0.25, 0.3) is 5.91 Å². The van der Waals surface area contributed by atoms with Crippen LogP contribution in [-0.4, -0.2) is 37.3 Å². The lowest BCUT2D eigenvalue weighted by molar-refractivity contribution is 0.0270. The highest BCUT2D eigenvalue weighted by molar-refractivity contribution is 14.1. The Balaban J connectivity index is 1.71. The second-order valence-electron chi connectivity index (χ2n) is 8.32. The smallest absolute Gasteiger partial charge is 0.277 e. The van der Waals surface area contributed by atoms with Gasteiger partial charge in [0, 0.05) is 22.5 Å². The molecule has 4 rings (SSSR count). The SMILES string of the molecule is CN(Cc1ccccn1)S(=O)(=O)c1cc(C(=O)NOCC2CC2)c(Nc2ccc(I)cc2)c(F)c1F. The second kappa shape index (κ2) is 11.2. The predicted molar refractivity (Wildman–Crippen MR) is 138 cm³/mol. The van der Waals surface area contributed by atoms with Crippen molar-refractivity contribution in [3.63, 3.8) is 0 Å². The summed E-state index contributed by atoms with van der Waals surface area (Å²) in [7, 11) is -3.32. The molecule has 1 aliphatic rings. The van der Waals surface area contributed by atoms with Gasteiger partial charge in [-0.25, -0.2) is 22.7 Å². The average Bonchev–Trinajstić information content (AvgIpc) is 3.68. The Bertz CT molecular complexity index is 1350. The summed E-state index contributed by atoms with van der Waals surface area (Å²) in [6, 6.07) is 12.5. The number of hydrogen-bond donors (Lipinski definition) is 2. The van der Waals surface area contributed by atoms with Crippen LogP contribution in [0.25, 0.3) is 0 Å². The first kappa shape index (κ1) is 26.4. The number of carbonyl (C=O) groups excluding carboxylic acids is 1. The van der Waals surface area contributed by atoms with Crippen LogP contribution in [0.4, 0.5) is 20.2 Å². The topological polar surface area (TPSA) is 101 Å². The Morgan fingerprint density at radius 3 is 2.53 bits per heavy atom. The first-order chi connectivity index (χ1) is 17.2. The van der Waals surface area contributed by atoms with E-state index in [1.165, 1.54) is 13.2 Å². The number of carbonyl (C=O) groups is 1. The largest absolute Gasteiger partial charge is 0.352 e. The molecule has 2 N–H and O–H groups in total. The molecule has 2 aromatic carbocycles. The number of halogens is 3. The van der Waals surface area contributed by atoms with Crippen molar-refractivity contribution >= 4 is 49.9 Å². The molecule has 0 unspecified atom stereocenters. The number of aromatic nitrogens is 1. The van der Waals surface area contributed by atoms with Crippen molar-refractivity contribution in [3.05, 3.63) is 81.2 Å². The summed E-state index contributed by atoms with van der Waals surface area (Å²) in [6.07, 6.45) is 3.45. The third-order valence-corrected chi connectivity index (χ3v) is 8.03. The zero-order valence-electron chi connectivity index (χ0n) is 19.2. The van der Waals surface area contributed by atoms with Crippen molar-refractivity contribution in [1.29, 1.82) is 0 Å². The zero-order chi connectivity index (χ0) is 25.9. The van der Waals surface area contributed by atoms with Crippen LogP contribution in [0.3, 0.4) is 0 Å². The summed E-state index contributed by atoms with van der Waals surface area (Å²) in [5, 5.41) is 2.70. The van der Waals surface area contributed by atoms with Crippen molar-refractivity contribution in [1.82, 2.24) is 14.8 Å². The van der Waals surface area contributed by atoms with Gasteiger partial charge in [0.1, 0.15) is 4.90 Å². The van der Waals surface area contributed by atoms with Crippen LogP contribution in [-0.2, 0) is 21.4 Å². The van der Waals surface area contributed by atoms with E-state index in [2.05, 4.69) is 38.4 Å². The van der Waals surface area contributed by atoms with Crippen LogP contribution >= 0.6 is 22.6 Å². The van der Waals surface area contributed by atoms with Gasteiger partial charge >= 0.3 is 0 Å². The fourth-order valence-corrected chi connectivity index (χ4v) is 4.89. The molecule has 36 heavy (non-hydrogen) atoms. The fraction of sp³-hybridized carbons (Fsp3) is 0.250. The lowest BCUT2D eigenvalue weighted by Gasteiger charge is -2.20. The standard InChI is InChI=1S/C24H23F2IN4O4S/c1-31(13-18-4-2-3-11-28-18)36(33,34)20-12-19(24(32)30-35-14-15-5-6-15)23(22(26)21(20)25)29-17-9-7-16(27)8-10-17/h2-4,7-12,15,29H,5-6,13-14H2,1H3,(H,30,32). The molecule has 0 bridgehead atoms. The molecule has 1 heterocycles. The Hall–Kier alpha value is -2.68. The Labute approximate surface area is 221 Å². The highest BCUT2D eigenvalue weighted by Crippen LogP contribution is 2.33. The van der Waals surface area contributed by atoms with E-state index in [1.807, 2.05) is 0 Å². The number of hydroxylamine groups is 1. The number of nitrogens with zero attached hydrogens (tertiary/aromatic N) is 2. The summed E-state index contributed by atoms with van der Waals surface area (Å²) < 4.78 is 58.8. The first-order valence-electron chi connectivity index (χ1n) is 11.0. The maximum atomic E-state index is 15.4. The summed E-state index contributed by atoms with van der Waals surface area (Å²) in [6.45, 7) is 0.0895. The van der Waals surface area contributed by atoms with E-state index in [9.17, 15) is 13.2 Å². The van der Waals surface area contributed by atoms with E-state index < -0.39 is 43.7 Å². The average molecular weight is 628 g/mol. The van der Waals surface area contributed by atoms with E-state index in [-0.39, 0.29) is 13.2 Å². The minimum absolute atomic E-state index is 0.182. The molecule has 0 spiro atoms. The quantitative estimate of drug-likeness (QED) is 0.252. The van der Waals surface area contributed by atoms with Gasteiger partial charge in [-0.2, -0.15) is 4.31 Å². The van der Waals surface area contributed by atoms with E-state index in [4.69, 9.17) is 4.84 Å². The molecular formula is C24H23F2IN4O4S. The molecular weight excluding hydrogens is 605 g/mol. The van der Waals surface area contributed by atoms with E-state index in [0.717, 1.165) is 26.8 Å². The monoisotopic (exact) mass is 628 g/mol. The van der Waals surface area contributed by atoms with Crippen LogP contribution in [0.2, 0.25) is 0 Å². The van der Waals surface area contributed by atoms with Crippen LogP contribution in [0, 0.1) is 21.1 Å². The summed E-state index contributed by atoms with van der Waals surface area (Å²) >= 11 is 2.09. The van der Waals surface area contributed by atoms with Crippen molar-refractivity contribution < 1.29 is 26.8 Å². The molecule has 1 aliphatic carbocycles. The number of nitrogens with one attached hydrogen (secondary N) is 2. The highest BCUT2D eigenvalue weighted by Gasteiger charge is 2.32. The van der Waals surface area contributed by atoms with Crippen LogP contribution < -0.4 is 10.8 Å². The zero-order valence-corrected chi connectivity index (χ0v) is 22.1. The molecule has 8 nitrogen and oxygen atoms in total. The van der Waals surface area contributed by atoms with E-state index in [0.29, 0.717) is 17.3 Å². The molecule has 12 heteroatoms. The highest BCUT2D eigenvalue weighted by atomic mass is 127. The second-order valence-corrected chi connectivity index (χ2v) is 11.6. The number of anilines is 2. The molecule has 1 aromatic heterocycles. The first-order valence-corrected chi connectivity index (χ1v) is 13.5. The van der Waals surface area contributed by atoms with Gasteiger partial charge in [0.2, 0.25) is 10.0 Å². The molecule has 0 saturated heterocycles. The molecule has 3 aromatic rings. The minimum Gasteiger partial charge on any atom is -0.352 e. The maximum absolute atomic E-state index is 15.4. The summed E-state index contributed by atoms with van der Waals surface area (Å²) in [4.78, 5) is 21.2. The lowest BCUT2D eigenvalue weighted by atomic mass is 10.1. The van der Waals surface area contributed by atoms with Crippen molar-refractivity contribution in [2.45, 2.75) is 24.3 Å². The molecule has 0 radical (unpaired) electrons. The van der Waals surface area contributed by atoms with Gasteiger partial charge in [-0.05, 0) is 83.8 Å². The lowest BCUT2D eigenvalue weighted by Crippen LogP contribution is -2.30. The molecule has 1 amide bonds. The number of rotatable bonds is 10. The van der Waals surface area contributed by atoms with Crippen molar-refractivity contribution in [3.8, 4) is 0 Å². The fourth-order valence-electron chi connectivity index (χ4n) is 3.31. The molecule has 1 saturated carbocycles. The number of benzene rings is 2. The molecule has 0 aliphatic heterocycles. The Kier molecular flexibility index (Phi) is 8.17. The third-order valence-electron chi connectivity index (χ3n) is 5.51. The van der Waals surface area contributed by atoms with Crippen molar-refractivity contribution in [2.75, 3.05) is 19.0 Å². The number of amides is 1. The van der Waals surface area contributed by atoms with Gasteiger partial charge < -0.3 is 5.32 Å². The van der Waals surface area contributed by atoms with Crippen molar-refractivity contribution in [2.24, 2.45) is 5.92 Å².